The highest BCUT2D eigenvalue weighted by atomic mass is 32.2. The number of hydrogen-bond donors (Lipinski definition) is 0. The number of amides is 1. The minimum absolute atomic E-state index is 0.0110. The molecule has 0 aliphatic carbocycles. The van der Waals surface area contributed by atoms with Crippen molar-refractivity contribution in [2.24, 2.45) is 10.9 Å². The molecule has 0 saturated carbocycles. The highest BCUT2D eigenvalue weighted by molar-refractivity contribution is 7.92. The molecule has 9 heteroatoms. The molecule has 4 aliphatic heterocycles. The lowest BCUT2D eigenvalue weighted by Gasteiger charge is -2.32. The van der Waals surface area contributed by atoms with Gasteiger partial charge in [-0.2, -0.15) is 0 Å². The van der Waals surface area contributed by atoms with Gasteiger partial charge in [0.15, 0.2) is 0 Å². The zero-order chi connectivity index (χ0) is 24.4. The fraction of sp³-hybridized carbons (Fsp3) is 0.423. The molecule has 7 nitrogen and oxygen atoms in total. The summed E-state index contributed by atoms with van der Waals surface area (Å²) < 4.78 is 45.9. The Bertz CT molecular complexity index is 1250. The van der Waals surface area contributed by atoms with Crippen molar-refractivity contribution in [1.82, 2.24) is 9.21 Å². The topological polar surface area (TPSA) is 79.3 Å². The first kappa shape index (κ1) is 23.7. The highest BCUT2D eigenvalue weighted by Gasteiger charge is 2.42. The molecule has 1 unspecified atom stereocenters. The number of ether oxygens (including phenoxy) is 1. The minimum Gasteiger partial charge on any atom is -0.381 e. The van der Waals surface area contributed by atoms with Crippen molar-refractivity contribution < 1.29 is 22.3 Å². The molecule has 4 heterocycles. The van der Waals surface area contributed by atoms with Crippen LogP contribution in [0.4, 0.5) is 4.39 Å². The van der Waals surface area contributed by atoms with E-state index in [4.69, 9.17) is 9.73 Å². The van der Waals surface area contributed by atoms with E-state index < -0.39 is 22.0 Å². The fourth-order valence-electron chi connectivity index (χ4n) is 5.05. The second-order valence-electron chi connectivity index (χ2n) is 9.16. The molecule has 0 aromatic heterocycles. The monoisotopic (exact) mass is 497 g/mol. The molecule has 2 saturated heterocycles. The summed E-state index contributed by atoms with van der Waals surface area (Å²) in [7, 11) is -3.92. The molecule has 184 valence electrons. The van der Waals surface area contributed by atoms with Crippen molar-refractivity contribution in [2.45, 2.75) is 38.1 Å². The van der Waals surface area contributed by atoms with Gasteiger partial charge in [0.1, 0.15) is 11.5 Å². The first-order valence-electron chi connectivity index (χ1n) is 12.0. The van der Waals surface area contributed by atoms with Gasteiger partial charge < -0.3 is 9.64 Å². The first-order valence-corrected chi connectivity index (χ1v) is 13.6. The number of rotatable bonds is 4. The van der Waals surface area contributed by atoms with E-state index in [1.165, 1.54) is 18.2 Å². The van der Waals surface area contributed by atoms with E-state index in [-0.39, 0.29) is 17.4 Å². The number of aliphatic imine (C=N–C) groups is 1. The third kappa shape index (κ3) is 4.89. The van der Waals surface area contributed by atoms with E-state index in [9.17, 15) is 17.6 Å². The quantitative estimate of drug-likeness (QED) is 0.594. The van der Waals surface area contributed by atoms with Gasteiger partial charge in [-0.15, -0.1) is 5.73 Å². The molecule has 35 heavy (non-hydrogen) atoms. The van der Waals surface area contributed by atoms with Gasteiger partial charge in [-0.1, -0.05) is 0 Å². The largest absolute Gasteiger partial charge is 0.381 e. The average molecular weight is 498 g/mol. The lowest BCUT2D eigenvalue weighted by atomic mass is 9.91. The van der Waals surface area contributed by atoms with Crippen LogP contribution in [0.15, 0.2) is 64.3 Å². The van der Waals surface area contributed by atoms with Crippen molar-refractivity contribution in [3.05, 3.63) is 70.7 Å². The number of halogens is 1. The minimum atomic E-state index is -3.92. The molecular weight excluding hydrogens is 469 g/mol. The van der Waals surface area contributed by atoms with E-state index in [0.717, 1.165) is 47.8 Å². The fourth-order valence-corrected chi connectivity index (χ4v) is 6.44. The Hall–Kier alpha value is -3.00. The van der Waals surface area contributed by atoms with Crippen molar-refractivity contribution >= 4 is 27.3 Å². The van der Waals surface area contributed by atoms with Crippen molar-refractivity contribution in [3.63, 3.8) is 0 Å². The summed E-state index contributed by atoms with van der Waals surface area (Å²) in [5, 5.41) is 1.11. The number of sulfonamides is 1. The Labute approximate surface area is 205 Å². The second kappa shape index (κ2) is 9.93. The molecule has 2 fully saturated rings. The van der Waals surface area contributed by atoms with Gasteiger partial charge in [-0.25, -0.2) is 22.1 Å². The van der Waals surface area contributed by atoms with E-state index in [0.29, 0.717) is 37.3 Å². The summed E-state index contributed by atoms with van der Waals surface area (Å²) in [5.74, 6) is -1.07. The van der Waals surface area contributed by atoms with Gasteiger partial charge in [0, 0.05) is 49.4 Å². The van der Waals surface area contributed by atoms with Gasteiger partial charge in [0.2, 0.25) is 0 Å². The first-order chi connectivity index (χ1) is 16.9. The van der Waals surface area contributed by atoms with Crippen molar-refractivity contribution in [2.75, 3.05) is 26.3 Å². The number of allylic oxidation sites excluding steroid dienone is 1. The Morgan fingerprint density at radius 3 is 2.49 bits per heavy atom. The van der Waals surface area contributed by atoms with Crippen LogP contribution in [0.5, 0.6) is 0 Å². The van der Waals surface area contributed by atoms with Crippen LogP contribution in [-0.4, -0.2) is 61.6 Å². The Morgan fingerprint density at radius 1 is 1.06 bits per heavy atom. The molecular formula is C26H28FN3O4S. The van der Waals surface area contributed by atoms with Gasteiger partial charge >= 0.3 is 0 Å². The number of benzene rings is 1. The molecule has 0 radical (unpaired) electrons. The molecule has 0 bridgehead atoms. The molecule has 1 amide bonds. The average Bonchev–Trinajstić information content (AvgIpc) is 3.04. The molecule has 1 aromatic carbocycles. The van der Waals surface area contributed by atoms with E-state index >= 15 is 0 Å². The van der Waals surface area contributed by atoms with Crippen LogP contribution in [0, 0.1) is 11.7 Å². The SMILES string of the molecule is O=C(C1=NC(c2ccc(F)cc2)=C(N2CCCCC2)C=C=C1)N1C(C2CCOCC2)C=CS1(=O)=O. The normalized spacial score (nSPS) is 24.6. The molecule has 5 rings (SSSR count). The van der Waals surface area contributed by atoms with Crippen LogP contribution in [0.3, 0.4) is 0 Å². The summed E-state index contributed by atoms with van der Waals surface area (Å²) in [6, 6.07) is 5.38. The number of hydrogen-bond acceptors (Lipinski definition) is 6. The third-order valence-corrected chi connectivity index (χ3v) is 8.35. The van der Waals surface area contributed by atoms with Crippen molar-refractivity contribution in [3.8, 4) is 0 Å². The van der Waals surface area contributed by atoms with Gasteiger partial charge in [-0.3, -0.25) is 4.79 Å². The molecule has 4 aliphatic rings. The number of nitrogens with zero attached hydrogens (tertiary/aromatic N) is 3. The summed E-state index contributed by atoms with van der Waals surface area (Å²) in [6.07, 6.45) is 9.39. The van der Waals surface area contributed by atoms with E-state index in [1.807, 2.05) is 0 Å². The van der Waals surface area contributed by atoms with E-state index in [2.05, 4.69) is 10.6 Å². The maximum absolute atomic E-state index is 13.7. The summed E-state index contributed by atoms with van der Waals surface area (Å²) in [4.78, 5) is 20.6. The second-order valence-corrected chi connectivity index (χ2v) is 10.9. The lowest BCUT2D eigenvalue weighted by molar-refractivity contribution is -0.121. The highest BCUT2D eigenvalue weighted by Crippen LogP contribution is 2.32. The third-order valence-electron chi connectivity index (χ3n) is 6.89. The maximum atomic E-state index is 13.7. The predicted molar refractivity (Wildman–Crippen MR) is 131 cm³/mol. The van der Waals surface area contributed by atoms with Crippen LogP contribution in [0.2, 0.25) is 0 Å². The molecule has 0 spiro atoms. The van der Waals surface area contributed by atoms with Crippen LogP contribution >= 0.6 is 0 Å². The lowest BCUT2D eigenvalue weighted by Crippen LogP contribution is -2.46. The Balaban J connectivity index is 1.55. The number of likely N-dealkylation sites (tertiary alicyclic amines) is 1. The maximum Gasteiger partial charge on any atom is 0.287 e. The van der Waals surface area contributed by atoms with Crippen LogP contribution in [-0.2, 0) is 19.6 Å². The van der Waals surface area contributed by atoms with Crippen LogP contribution in [0.1, 0.15) is 37.7 Å². The van der Waals surface area contributed by atoms with Crippen LogP contribution in [0.25, 0.3) is 5.70 Å². The van der Waals surface area contributed by atoms with E-state index in [1.54, 1.807) is 24.3 Å². The zero-order valence-electron chi connectivity index (χ0n) is 19.4. The molecule has 0 N–H and O–H groups in total. The zero-order valence-corrected chi connectivity index (χ0v) is 20.2. The summed E-state index contributed by atoms with van der Waals surface area (Å²) >= 11 is 0. The Morgan fingerprint density at radius 2 is 1.77 bits per heavy atom. The molecule has 1 atom stereocenters. The number of carbonyl (C=O) groups is 1. The van der Waals surface area contributed by atoms with Gasteiger partial charge in [0.05, 0.1) is 17.4 Å². The van der Waals surface area contributed by atoms with Gasteiger partial charge in [-0.05, 0) is 68.4 Å². The van der Waals surface area contributed by atoms with Crippen molar-refractivity contribution in [1.29, 1.82) is 0 Å². The smallest absolute Gasteiger partial charge is 0.287 e. The summed E-state index contributed by atoms with van der Waals surface area (Å²) in [6.45, 7) is 2.76. The molecule has 1 aromatic rings. The Kier molecular flexibility index (Phi) is 6.73. The standard InChI is InChI=1S/C26H28FN3O4S/c27-21-9-7-20(8-10-21)25-24(29-14-2-1-3-15-29)6-4-5-22(28-25)26(31)30-23(13-18-35(30,32)33)19-11-16-34-17-12-19/h5-10,13,18-19,23H,1-3,11-12,14-17H2. The summed E-state index contributed by atoms with van der Waals surface area (Å²) in [5.41, 5.74) is 4.97. The number of carbonyl (C=O) groups excluding carboxylic acids is 1. The van der Waals surface area contributed by atoms with Gasteiger partial charge in [0.25, 0.3) is 15.9 Å². The number of piperidine rings is 1. The van der Waals surface area contributed by atoms with Crippen LogP contribution < -0.4 is 0 Å². The predicted octanol–water partition coefficient (Wildman–Crippen LogP) is 3.63.